The van der Waals surface area contributed by atoms with Crippen molar-refractivity contribution in [3.05, 3.63) is 17.5 Å². The Hall–Kier alpha value is -1.04. The first-order valence-electron chi connectivity index (χ1n) is 8.64. The third-order valence-electron chi connectivity index (χ3n) is 6.04. The smallest absolute Gasteiger partial charge is 0.349 e. The molecule has 1 aromatic rings. The first kappa shape index (κ1) is 16.4. The van der Waals surface area contributed by atoms with E-state index in [1.165, 1.54) is 25.5 Å². The number of fused-ring (bicyclic) bond motifs is 1. The molecule has 0 saturated heterocycles. The summed E-state index contributed by atoms with van der Waals surface area (Å²) in [4.78, 5) is 7.91. The van der Waals surface area contributed by atoms with E-state index in [4.69, 9.17) is 11.6 Å². The molecule has 4 aliphatic carbocycles. The lowest BCUT2D eigenvalue weighted by Crippen LogP contribution is -2.45. The van der Waals surface area contributed by atoms with Gasteiger partial charge in [0.1, 0.15) is 0 Å². The molecule has 0 spiro atoms. The van der Waals surface area contributed by atoms with Crippen molar-refractivity contribution < 1.29 is 13.2 Å². The molecule has 4 aliphatic rings. The van der Waals surface area contributed by atoms with Crippen molar-refractivity contribution in [2.24, 2.45) is 17.8 Å². The summed E-state index contributed by atoms with van der Waals surface area (Å²) >= 11 is 5.61. The maximum absolute atomic E-state index is 13.2. The molecule has 1 N–H and O–H groups in total. The van der Waals surface area contributed by atoms with Crippen LogP contribution in [-0.2, 0) is 12.1 Å². The van der Waals surface area contributed by atoms with Crippen molar-refractivity contribution in [1.82, 2.24) is 9.97 Å². The molecule has 3 nitrogen and oxygen atoms in total. The molecule has 0 amide bonds. The minimum atomic E-state index is -4.51. The highest BCUT2D eigenvalue weighted by molar-refractivity contribution is 6.17. The fourth-order valence-electron chi connectivity index (χ4n) is 5.36. The van der Waals surface area contributed by atoms with E-state index >= 15 is 0 Å². The van der Waals surface area contributed by atoms with Crippen LogP contribution < -0.4 is 5.32 Å². The minimum Gasteiger partial charge on any atom is -0.349 e. The van der Waals surface area contributed by atoms with Gasteiger partial charge in [-0.25, -0.2) is 9.97 Å². The number of hydrogen-bond acceptors (Lipinski definition) is 3. The summed E-state index contributed by atoms with van der Waals surface area (Å²) in [5.74, 6) is 2.04. The Morgan fingerprint density at radius 2 is 1.83 bits per heavy atom. The van der Waals surface area contributed by atoms with Crippen molar-refractivity contribution >= 4 is 17.5 Å². The van der Waals surface area contributed by atoms with Crippen LogP contribution in [-0.4, -0.2) is 15.5 Å². The average Bonchev–Trinajstić information content (AvgIpc) is 2.70. The van der Waals surface area contributed by atoms with Crippen molar-refractivity contribution in [3.63, 3.8) is 0 Å². The predicted octanol–water partition coefficient (Wildman–Crippen LogP) is 5.01. The number of halogens is 4. The molecular weight excluding hydrogens is 339 g/mol. The largest absolute Gasteiger partial charge is 0.433 e. The van der Waals surface area contributed by atoms with Gasteiger partial charge in [0.05, 0.1) is 5.88 Å². The topological polar surface area (TPSA) is 37.8 Å². The number of hydrogen-bond donors (Lipinski definition) is 1. The van der Waals surface area contributed by atoms with E-state index in [0.29, 0.717) is 11.8 Å². The van der Waals surface area contributed by atoms with E-state index in [1.54, 1.807) is 0 Å². The fraction of sp³-hybridized carbons (Fsp3) is 0.765. The molecule has 4 fully saturated rings. The molecule has 132 valence electrons. The molecule has 0 aliphatic heterocycles. The second-order valence-electron chi connectivity index (χ2n) is 7.86. The third kappa shape index (κ3) is 2.98. The fourth-order valence-corrected chi connectivity index (χ4v) is 5.55. The number of alkyl halides is 4. The summed E-state index contributed by atoms with van der Waals surface area (Å²) in [7, 11) is 0. The van der Waals surface area contributed by atoms with Crippen molar-refractivity contribution in [3.8, 4) is 0 Å². The van der Waals surface area contributed by atoms with Crippen LogP contribution in [0, 0.1) is 17.8 Å². The van der Waals surface area contributed by atoms with Gasteiger partial charge in [-0.1, -0.05) is 0 Å². The lowest BCUT2D eigenvalue weighted by molar-refractivity contribution is -0.141. The van der Waals surface area contributed by atoms with Crippen LogP contribution in [0.25, 0.3) is 0 Å². The Morgan fingerprint density at radius 3 is 2.46 bits per heavy atom. The van der Waals surface area contributed by atoms with Crippen LogP contribution in [0.3, 0.4) is 0 Å². The Kier molecular flexibility index (Phi) is 3.94. The van der Waals surface area contributed by atoms with E-state index in [1.807, 2.05) is 0 Å². The molecule has 4 saturated carbocycles. The van der Waals surface area contributed by atoms with Gasteiger partial charge in [0.15, 0.2) is 5.69 Å². The molecule has 0 radical (unpaired) electrons. The van der Waals surface area contributed by atoms with Gasteiger partial charge < -0.3 is 5.32 Å². The van der Waals surface area contributed by atoms with Gasteiger partial charge in [-0.15, -0.1) is 11.6 Å². The molecule has 5 rings (SSSR count). The van der Waals surface area contributed by atoms with Gasteiger partial charge >= 0.3 is 6.18 Å². The molecule has 0 aromatic carbocycles. The molecule has 4 bridgehead atoms. The number of nitrogens with one attached hydrogen (secondary N) is 1. The van der Waals surface area contributed by atoms with Gasteiger partial charge in [-0.05, 0) is 62.7 Å². The normalized spacial score (nSPS) is 35.1. The Balaban J connectivity index is 1.63. The number of anilines is 1. The molecule has 2 atom stereocenters. The Morgan fingerprint density at radius 1 is 1.17 bits per heavy atom. The van der Waals surface area contributed by atoms with Crippen LogP contribution in [0.1, 0.15) is 56.2 Å². The van der Waals surface area contributed by atoms with Crippen LogP contribution >= 0.6 is 11.6 Å². The van der Waals surface area contributed by atoms with Gasteiger partial charge in [-0.3, -0.25) is 0 Å². The van der Waals surface area contributed by atoms with E-state index in [9.17, 15) is 13.2 Å². The Bertz CT molecular complexity index is 620. The zero-order valence-electron chi connectivity index (χ0n) is 13.4. The molecule has 7 heteroatoms. The summed E-state index contributed by atoms with van der Waals surface area (Å²) in [6, 6.07) is 0. The van der Waals surface area contributed by atoms with Crippen LogP contribution in [0.5, 0.6) is 0 Å². The lowest BCUT2D eigenvalue weighted by atomic mass is 9.65. The minimum absolute atomic E-state index is 0.0724. The van der Waals surface area contributed by atoms with Crippen molar-refractivity contribution in [2.75, 3.05) is 5.32 Å². The molecule has 24 heavy (non-hydrogen) atoms. The van der Waals surface area contributed by atoms with Gasteiger partial charge in [0, 0.05) is 17.3 Å². The first-order chi connectivity index (χ1) is 11.4. The lowest BCUT2D eigenvalue weighted by Gasteiger charge is -2.45. The average molecular weight is 360 g/mol. The second kappa shape index (κ2) is 5.75. The van der Waals surface area contributed by atoms with Crippen LogP contribution in [0.4, 0.5) is 19.1 Å². The summed E-state index contributed by atoms with van der Waals surface area (Å²) in [6.07, 6.45) is 4.75. The first-order valence-corrected chi connectivity index (χ1v) is 9.17. The van der Waals surface area contributed by atoms with E-state index < -0.39 is 11.9 Å². The predicted molar refractivity (Wildman–Crippen MR) is 85.7 cm³/mol. The van der Waals surface area contributed by atoms with Gasteiger partial charge in [0.25, 0.3) is 0 Å². The molecule has 1 heterocycles. The van der Waals surface area contributed by atoms with Gasteiger partial charge in [0.2, 0.25) is 5.95 Å². The zero-order valence-corrected chi connectivity index (χ0v) is 14.1. The van der Waals surface area contributed by atoms with E-state index in [2.05, 4.69) is 15.3 Å². The summed E-state index contributed by atoms with van der Waals surface area (Å²) in [5.41, 5.74) is -1.13. The van der Waals surface area contributed by atoms with Crippen molar-refractivity contribution in [2.45, 2.75) is 62.5 Å². The monoisotopic (exact) mass is 359 g/mol. The number of nitrogens with zero attached hydrogens (tertiary/aromatic N) is 2. The van der Waals surface area contributed by atoms with Gasteiger partial charge in [-0.2, -0.15) is 13.2 Å². The highest BCUT2D eigenvalue weighted by Crippen LogP contribution is 2.53. The molecule has 2 unspecified atom stereocenters. The van der Waals surface area contributed by atoms with Crippen LogP contribution in [0.15, 0.2) is 6.20 Å². The summed E-state index contributed by atoms with van der Waals surface area (Å²) < 4.78 is 39.6. The molecular formula is C17H21ClF3N3. The van der Waals surface area contributed by atoms with E-state index in [-0.39, 0.29) is 22.9 Å². The number of rotatable bonds is 3. The summed E-state index contributed by atoms with van der Waals surface area (Å²) in [6.45, 7) is 0. The van der Waals surface area contributed by atoms with Crippen LogP contribution in [0.2, 0.25) is 0 Å². The standard InChI is InChI=1S/C17H21ClF3N3/c18-8-13-9-22-15(23-14(13)17(19,20)21)24-16-2-1-10-3-11(6-16)5-12(4-10)7-16/h9-12H,1-8H2,(H,22,23,24). The number of aromatic nitrogens is 2. The maximum Gasteiger partial charge on any atom is 0.433 e. The second-order valence-corrected chi connectivity index (χ2v) is 8.12. The highest BCUT2D eigenvalue weighted by Gasteiger charge is 2.48. The van der Waals surface area contributed by atoms with Crippen molar-refractivity contribution in [1.29, 1.82) is 0 Å². The van der Waals surface area contributed by atoms with E-state index in [0.717, 1.165) is 31.6 Å². The SMILES string of the molecule is FC(F)(F)c1nc(NC23CCC4CC(CC(C4)C2)C3)ncc1CCl. The third-order valence-corrected chi connectivity index (χ3v) is 6.33. The Labute approximate surface area is 144 Å². The molecule has 1 aromatic heterocycles. The summed E-state index contributed by atoms with van der Waals surface area (Å²) in [5, 5.41) is 3.32. The quantitative estimate of drug-likeness (QED) is 0.771. The highest BCUT2D eigenvalue weighted by atomic mass is 35.5. The maximum atomic E-state index is 13.2. The zero-order chi connectivity index (χ0) is 16.9.